The predicted molar refractivity (Wildman–Crippen MR) is 105 cm³/mol. The maximum absolute atomic E-state index is 12.5. The van der Waals surface area contributed by atoms with Gasteiger partial charge in [0.25, 0.3) is 5.91 Å². The van der Waals surface area contributed by atoms with E-state index in [4.69, 9.17) is 4.74 Å². The first-order valence-corrected chi connectivity index (χ1v) is 8.43. The molecule has 0 saturated heterocycles. The van der Waals surface area contributed by atoms with E-state index in [1.54, 1.807) is 28.3 Å². The highest BCUT2D eigenvalue weighted by atomic mass is 16.5. The Kier molecular flexibility index (Phi) is 5.03. The molecule has 0 aliphatic heterocycles. The first-order valence-electron chi connectivity index (χ1n) is 8.43. The third-order valence-corrected chi connectivity index (χ3v) is 4.40. The molecule has 0 aliphatic carbocycles. The highest BCUT2D eigenvalue weighted by molar-refractivity contribution is 6.04. The molecule has 0 atom stereocenters. The third-order valence-electron chi connectivity index (χ3n) is 4.40. The Hall–Kier alpha value is -3.48. The number of esters is 1. The Morgan fingerprint density at radius 1 is 0.889 bits per heavy atom. The summed E-state index contributed by atoms with van der Waals surface area (Å²) >= 11 is 0. The van der Waals surface area contributed by atoms with Gasteiger partial charge < -0.3 is 24.5 Å². The van der Waals surface area contributed by atoms with Crippen LogP contribution in [-0.4, -0.2) is 35.2 Å². The average Bonchev–Trinajstić information content (AvgIpc) is 3.24. The van der Waals surface area contributed by atoms with Crippen LogP contribution in [0.25, 0.3) is 11.1 Å². The Bertz CT molecular complexity index is 983. The second-order valence-electron chi connectivity index (χ2n) is 6.22. The lowest BCUT2D eigenvalue weighted by molar-refractivity contribution is 0.0590. The molecule has 2 aromatic heterocycles. The van der Waals surface area contributed by atoms with Gasteiger partial charge in [-0.25, -0.2) is 4.79 Å². The maximum atomic E-state index is 12.5. The molecular weight excluding hydrogens is 344 g/mol. The van der Waals surface area contributed by atoms with Crippen LogP contribution in [0.5, 0.6) is 0 Å². The van der Waals surface area contributed by atoms with Gasteiger partial charge in [0.05, 0.1) is 12.8 Å². The van der Waals surface area contributed by atoms with Crippen LogP contribution in [0, 0.1) is 0 Å². The number of nitrogens with zero attached hydrogens (tertiary/aromatic N) is 2. The highest BCUT2D eigenvalue weighted by Gasteiger charge is 2.14. The molecular formula is C20H22N4O3. The van der Waals surface area contributed by atoms with Gasteiger partial charge >= 0.3 is 5.97 Å². The van der Waals surface area contributed by atoms with Crippen LogP contribution in [0.1, 0.15) is 21.0 Å². The van der Waals surface area contributed by atoms with E-state index in [1.165, 1.54) is 7.11 Å². The van der Waals surface area contributed by atoms with Crippen molar-refractivity contribution in [2.24, 2.45) is 14.1 Å². The summed E-state index contributed by atoms with van der Waals surface area (Å²) in [4.78, 5) is 24.2. The average molecular weight is 366 g/mol. The largest absolute Gasteiger partial charge is 0.464 e. The fraction of sp³-hybridized carbons (Fsp3) is 0.200. The van der Waals surface area contributed by atoms with Crippen molar-refractivity contribution in [2.75, 3.05) is 24.8 Å². The van der Waals surface area contributed by atoms with Crippen LogP contribution in [0.2, 0.25) is 0 Å². The molecule has 0 saturated carbocycles. The minimum Gasteiger partial charge on any atom is -0.464 e. The zero-order chi connectivity index (χ0) is 19.6. The molecule has 0 aliphatic rings. The molecule has 2 heterocycles. The minimum atomic E-state index is -0.379. The van der Waals surface area contributed by atoms with E-state index in [2.05, 4.69) is 10.6 Å². The number of amides is 1. The lowest BCUT2D eigenvalue weighted by Gasteiger charge is -2.07. The number of hydrogen-bond acceptors (Lipinski definition) is 4. The van der Waals surface area contributed by atoms with Gasteiger partial charge in [0.15, 0.2) is 0 Å². The normalized spacial score (nSPS) is 10.5. The van der Waals surface area contributed by atoms with E-state index in [0.717, 1.165) is 16.8 Å². The zero-order valence-corrected chi connectivity index (χ0v) is 15.7. The molecule has 0 fully saturated rings. The van der Waals surface area contributed by atoms with Crippen molar-refractivity contribution < 1.29 is 14.3 Å². The van der Waals surface area contributed by atoms with E-state index in [0.29, 0.717) is 17.1 Å². The van der Waals surface area contributed by atoms with Crippen molar-refractivity contribution >= 4 is 23.3 Å². The summed E-state index contributed by atoms with van der Waals surface area (Å²) in [5.74, 6) is -0.560. The highest BCUT2D eigenvalue weighted by Crippen LogP contribution is 2.24. The number of carbonyl (C=O) groups excluding carboxylic acids is 2. The second kappa shape index (κ2) is 7.41. The molecule has 0 unspecified atom stereocenters. The number of ether oxygens (including phenoxy) is 1. The van der Waals surface area contributed by atoms with Crippen molar-refractivity contribution in [3.05, 3.63) is 60.2 Å². The van der Waals surface area contributed by atoms with Crippen LogP contribution in [0.3, 0.4) is 0 Å². The van der Waals surface area contributed by atoms with Crippen molar-refractivity contribution in [3.8, 4) is 11.1 Å². The lowest BCUT2D eigenvalue weighted by Crippen LogP contribution is -2.15. The van der Waals surface area contributed by atoms with E-state index in [-0.39, 0.29) is 11.9 Å². The Labute approximate surface area is 157 Å². The summed E-state index contributed by atoms with van der Waals surface area (Å²) < 4.78 is 8.28. The number of carbonyl (C=O) groups is 2. The summed E-state index contributed by atoms with van der Waals surface area (Å²) in [6, 6.07) is 11.0. The molecule has 1 aromatic carbocycles. The minimum absolute atomic E-state index is 0.181. The van der Waals surface area contributed by atoms with Crippen LogP contribution in [0.15, 0.2) is 48.8 Å². The summed E-state index contributed by atoms with van der Waals surface area (Å²) in [6.45, 7) is 0. The van der Waals surface area contributed by atoms with Gasteiger partial charge in [-0.3, -0.25) is 4.79 Å². The van der Waals surface area contributed by atoms with Crippen molar-refractivity contribution in [1.29, 1.82) is 0 Å². The molecule has 2 N–H and O–H groups in total. The Morgan fingerprint density at radius 2 is 1.56 bits per heavy atom. The molecule has 1 amide bonds. The quantitative estimate of drug-likeness (QED) is 0.680. The molecule has 140 valence electrons. The summed E-state index contributed by atoms with van der Waals surface area (Å²) in [5.41, 5.74) is 4.46. The number of aromatic nitrogens is 2. The SMILES string of the molecule is CNc1cc(C(=O)Nc2ccc(-c3cc(C(=O)OC)n(C)c3)cc2)n(C)c1. The van der Waals surface area contributed by atoms with Crippen LogP contribution >= 0.6 is 0 Å². The second-order valence-corrected chi connectivity index (χ2v) is 6.22. The molecule has 0 spiro atoms. The lowest BCUT2D eigenvalue weighted by atomic mass is 10.1. The smallest absolute Gasteiger partial charge is 0.354 e. The van der Waals surface area contributed by atoms with E-state index in [1.807, 2.05) is 50.8 Å². The van der Waals surface area contributed by atoms with Gasteiger partial charge in [-0.2, -0.15) is 0 Å². The molecule has 7 heteroatoms. The van der Waals surface area contributed by atoms with Gasteiger partial charge in [-0.1, -0.05) is 12.1 Å². The molecule has 3 rings (SSSR count). The van der Waals surface area contributed by atoms with Gasteiger partial charge in [0, 0.05) is 44.8 Å². The van der Waals surface area contributed by atoms with Crippen molar-refractivity contribution in [1.82, 2.24) is 9.13 Å². The van der Waals surface area contributed by atoms with Gasteiger partial charge in [-0.05, 0) is 29.8 Å². The van der Waals surface area contributed by atoms with Crippen LogP contribution in [0.4, 0.5) is 11.4 Å². The van der Waals surface area contributed by atoms with Crippen LogP contribution in [-0.2, 0) is 18.8 Å². The zero-order valence-electron chi connectivity index (χ0n) is 15.7. The Morgan fingerprint density at radius 3 is 2.15 bits per heavy atom. The molecule has 0 bridgehead atoms. The predicted octanol–water partition coefficient (Wildman–Crippen LogP) is 3.11. The number of benzene rings is 1. The fourth-order valence-electron chi connectivity index (χ4n) is 2.90. The molecule has 3 aromatic rings. The number of hydrogen-bond donors (Lipinski definition) is 2. The first-order chi connectivity index (χ1) is 12.9. The van der Waals surface area contributed by atoms with Crippen LogP contribution < -0.4 is 10.6 Å². The molecule has 7 nitrogen and oxygen atoms in total. The number of anilines is 2. The van der Waals surface area contributed by atoms with Gasteiger partial charge in [0.1, 0.15) is 11.4 Å². The fourth-order valence-corrected chi connectivity index (χ4v) is 2.90. The van der Waals surface area contributed by atoms with Crippen molar-refractivity contribution in [2.45, 2.75) is 0 Å². The summed E-state index contributed by atoms with van der Waals surface area (Å²) in [6.07, 6.45) is 3.72. The van der Waals surface area contributed by atoms with E-state index >= 15 is 0 Å². The van der Waals surface area contributed by atoms with E-state index < -0.39 is 0 Å². The summed E-state index contributed by atoms with van der Waals surface area (Å²) in [7, 11) is 6.79. The topological polar surface area (TPSA) is 77.3 Å². The van der Waals surface area contributed by atoms with E-state index in [9.17, 15) is 9.59 Å². The standard InChI is InChI=1S/C20H22N4O3/c1-21-16-10-17(24(3)12-16)19(25)22-15-7-5-13(6-8-15)14-9-18(20(26)27-4)23(2)11-14/h5-12,21H,1-4H3,(H,22,25). The monoisotopic (exact) mass is 366 g/mol. The third kappa shape index (κ3) is 3.72. The first kappa shape index (κ1) is 18.3. The number of nitrogens with one attached hydrogen (secondary N) is 2. The van der Waals surface area contributed by atoms with Gasteiger partial charge in [0.2, 0.25) is 0 Å². The Balaban J connectivity index is 1.76. The maximum Gasteiger partial charge on any atom is 0.354 e. The summed E-state index contributed by atoms with van der Waals surface area (Å²) in [5, 5.41) is 5.91. The molecule has 0 radical (unpaired) electrons. The number of methoxy groups -OCH3 is 1. The number of rotatable bonds is 5. The van der Waals surface area contributed by atoms with Crippen molar-refractivity contribution in [3.63, 3.8) is 0 Å². The van der Waals surface area contributed by atoms with Gasteiger partial charge in [-0.15, -0.1) is 0 Å². The molecule has 27 heavy (non-hydrogen) atoms. The number of aryl methyl sites for hydroxylation is 2.